The number of carbonyl (C=O) groups excluding carboxylic acids is 2. The van der Waals surface area contributed by atoms with E-state index < -0.39 is 0 Å². The molecule has 148 valence electrons. The van der Waals surface area contributed by atoms with Crippen LogP contribution in [0.4, 0.5) is 0 Å². The van der Waals surface area contributed by atoms with Gasteiger partial charge in [-0.3, -0.25) is 14.5 Å². The van der Waals surface area contributed by atoms with E-state index in [1.165, 1.54) is 24.8 Å². The Morgan fingerprint density at radius 1 is 1.19 bits per heavy atom. The minimum absolute atomic E-state index is 0.00588. The Morgan fingerprint density at radius 2 is 1.93 bits per heavy atom. The van der Waals surface area contributed by atoms with Crippen LogP contribution in [-0.2, 0) is 16.0 Å². The third-order valence-corrected chi connectivity index (χ3v) is 6.08. The summed E-state index contributed by atoms with van der Waals surface area (Å²) in [4.78, 5) is 29.4. The molecule has 2 amide bonds. The fourth-order valence-electron chi connectivity index (χ4n) is 4.36. The summed E-state index contributed by atoms with van der Waals surface area (Å²) >= 11 is 0. The van der Waals surface area contributed by atoms with Gasteiger partial charge in [0.05, 0.1) is 12.5 Å². The standard InChI is InChI=1S/C22H33N3O2/c1-24(19-12-6-3-7-13-19)21(26)17-20-22(27)23-14-16-25(20)15-8-11-18-9-4-2-5-10-18/h2,4-5,9-10,19-20H,3,6-8,11-17H2,1H3,(H,23,27). The zero-order valence-electron chi connectivity index (χ0n) is 16.5. The van der Waals surface area contributed by atoms with Crippen LogP contribution in [0, 0.1) is 0 Å². The van der Waals surface area contributed by atoms with Crippen LogP contribution in [0.25, 0.3) is 0 Å². The molecule has 2 fully saturated rings. The van der Waals surface area contributed by atoms with E-state index in [0.717, 1.165) is 38.8 Å². The van der Waals surface area contributed by atoms with Gasteiger partial charge in [0.2, 0.25) is 11.8 Å². The Bertz CT molecular complexity index is 613. The molecule has 1 unspecified atom stereocenters. The fourth-order valence-corrected chi connectivity index (χ4v) is 4.36. The summed E-state index contributed by atoms with van der Waals surface area (Å²) in [6.07, 6.45) is 8.18. The number of benzene rings is 1. The Morgan fingerprint density at radius 3 is 2.67 bits per heavy atom. The number of piperazine rings is 1. The average molecular weight is 372 g/mol. The highest BCUT2D eigenvalue weighted by Gasteiger charge is 2.33. The molecule has 1 saturated heterocycles. The van der Waals surface area contributed by atoms with Gasteiger partial charge in [0.25, 0.3) is 0 Å². The Labute approximate surface area is 163 Å². The first-order valence-corrected chi connectivity index (χ1v) is 10.5. The largest absolute Gasteiger partial charge is 0.353 e. The zero-order valence-corrected chi connectivity index (χ0v) is 16.5. The molecule has 27 heavy (non-hydrogen) atoms. The van der Waals surface area contributed by atoms with Gasteiger partial charge in [-0.05, 0) is 37.8 Å². The molecule has 2 aliphatic rings. The summed E-state index contributed by atoms with van der Waals surface area (Å²) in [6, 6.07) is 10.5. The monoisotopic (exact) mass is 371 g/mol. The molecule has 1 saturated carbocycles. The highest BCUT2D eigenvalue weighted by Crippen LogP contribution is 2.23. The molecule has 0 bridgehead atoms. The van der Waals surface area contributed by atoms with E-state index in [1.807, 2.05) is 18.0 Å². The molecule has 0 aromatic heterocycles. The molecular formula is C22H33N3O2. The molecule has 0 radical (unpaired) electrons. The maximum Gasteiger partial charge on any atom is 0.237 e. The normalized spacial score (nSPS) is 21.7. The van der Waals surface area contributed by atoms with Gasteiger partial charge in [-0.1, -0.05) is 49.6 Å². The maximum atomic E-state index is 12.8. The van der Waals surface area contributed by atoms with Gasteiger partial charge in [-0.25, -0.2) is 0 Å². The molecule has 1 aliphatic heterocycles. The quantitative estimate of drug-likeness (QED) is 0.802. The first-order chi connectivity index (χ1) is 13.1. The van der Waals surface area contributed by atoms with E-state index in [-0.39, 0.29) is 17.9 Å². The minimum atomic E-state index is -0.326. The van der Waals surface area contributed by atoms with Crippen LogP contribution in [0.15, 0.2) is 30.3 Å². The molecule has 1 heterocycles. The SMILES string of the molecule is CN(C(=O)CC1C(=O)NCCN1CCCc1ccccc1)C1CCCCC1. The molecular weight excluding hydrogens is 338 g/mol. The van der Waals surface area contributed by atoms with Gasteiger partial charge >= 0.3 is 0 Å². The first kappa shape index (κ1) is 19.9. The predicted molar refractivity (Wildman–Crippen MR) is 107 cm³/mol. The van der Waals surface area contributed by atoms with E-state index in [1.54, 1.807) is 0 Å². The lowest BCUT2D eigenvalue weighted by Gasteiger charge is -2.37. The Kier molecular flexibility index (Phi) is 7.27. The molecule has 1 aliphatic carbocycles. The molecule has 5 heteroatoms. The number of hydrogen-bond acceptors (Lipinski definition) is 3. The predicted octanol–water partition coefficient (Wildman–Crippen LogP) is 2.60. The highest BCUT2D eigenvalue weighted by atomic mass is 16.2. The van der Waals surface area contributed by atoms with Crippen molar-refractivity contribution < 1.29 is 9.59 Å². The summed E-state index contributed by atoms with van der Waals surface area (Å²) in [5, 5.41) is 2.94. The first-order valence-electron chi connectivity index (χ1n) is 10.5. The van der Waals surface area contributed by atoms with Crippen LogP contribution in [0.2, 0.25) is 0 Å². The second-order valence-electron chi connectivity index (χ2n) is 7.93. The van der Waals surface area contributed by atoms with E-state index in [0.29, 0.717) is 19.0 Å². The van der Waals surface area contributed by atoms with Crippen molar-refractivity contribution in [3.8, 4) is 0 Å². The number of aryl methyl sites for hydroxylation is 1. The maximum absolute atomic E-state index is 12.8. The zero-order chi connectivity index (χ0) is 19.1. The Balaban J connectivity index is 1.53. The van der Waals surface area contributed by atoms with Crippen LogP contribution in [0.3, 0.4) is 0 Å². The number of hydrogen-bond donors (Lipinski definition) is 1. The van der Waals surface area contributed by atoms with Crippen molar-refractivity contribution in [2.45, 2.75) is 63.5 Å². The molecule has 1 aromatic rings. The summed E-state index contributed by atoms with van der Waals surface area (Å²) in [6.45, 7) is 2.35. The summed E-state index contributed by atoms with van der Waals surface area (Å²) < 4.78 is 0. The lowest BCUT2D eigenvalue weighted by Crippen LogP contribution is -2.57. The Hall–Kier alpha value is -1.88. The van der Waals surface area contributed by atoms with E-state index in [2.05, 4.69) is 34.5 Å². The van der Waals surface area contributed by atoms with Crippen LogP contribution in [0.1, 0.15) is 50.5 Å². The van der Waals surface area contributed by atoms with Crippen molar-refractivity contribution in [1.82, 2.24) is 15.1 Å². The molecule has 0 spiro atoms. The minimum Gasteiger partial charge on any atom is -0.353 e. The number of carbonyl (C=O) groups is 2. The van der Waals surface area contributed by atoms with E-state index >= 15 is 0 Å². The molecule has 3 rings (SSSR count). The lowest BCUT2D eigenvalue weighted by atomic mass is 9.94. The summed E-state index contributed by atoms with van der Waals surface area (Å²) in [5.41, 5.74) is 1.32. The van der Waals surface area contributed by atoms with Crippen molar-refractivity contribution in [3.05, 3.63) is 35.9 Å². The smallest absolute Gasteiger partial charge is 0.237 e. The van der Waals surface area contributed by atoms with Gasteiger partial charge in [0.15, 0.2) is 0 Å². The van der Waals surface area contributed by atoms with E-state index in [4.69, 9.17) is 0 Å². The number of amides is 2. The van der Waals surface area contributed by atoms with Crippen LogP contribution in [0.5, 0.6) is 0 Å². The van der Waals surface area contributed by atoms with Gasteiger partial charge in [-0.2, -0.15) is 0 Å². The summed E-state index contributed by atoms with van der Waals surface area (Å²) in [5.74, 6) is 0.114. The van der Waals surface area contributed by atoms with Crippen molar-refractivity contribution in [3.63, 3.8) is 0 Å². The van der Waals surface area contributed by atoms with Gasteiger partial charge in [0.1, 0.15) is 0 Å². The second kappa shape index (κ2) is 9.88. The molecule has 1 aromatic carbocycles. The van der Waals surface area contributed by atoms with Gasteiger partial charge in [-0.15, -0.1) is 0 Å². The average Bonchev–Trinajstić information content (AvgIpc) is 2.71. The fraction of sp³-hybridized carbons (Fsp3) is 0.636. The van der Waals surface area contributed by atoms with Crippen LogP contribution >= 0.6 is 0 Å². The number of nitrogens with one attached hydrogen (secondary N) is 1. The number of nitrogens with zero attached hydrogens (tertiary/aromatic N) is 2. The third-order valence-electron chi connectivity index (χ3n) is 6.08. The van der Waals surface area contributed by atoms with Crippen LogP contribution < -0.4 is 5.32 Å². The van der Waals surface area contributed by atoms with Crippen molar-refractivity contribution in [1.29, 1.82) is 0 Å². The third kappa shape index (κ3) is 5.55. The van der Waals surface area contributed by atoms with Crippen molar-refractivity contribution >= 4 is 11.8 Å². The topological polar surface area (TPSA) is 52.7 Å². The molecule has 1 N–H and O–H groups in total. The second-order valence-corrected chi connectivity index (χ2v) is 7.93. The van der Waals surface area contributed by atoms with Gasteiger partial charge < -0.3 is 10.2 Å². The van der Waals surface area contributed by atoms with Crippen LogP contribution in [-0.4, -0.2) is 60.4 Å². The van der Waals surface area contributed by atoms with Crippen molar-refractivity contribution in [2.75, 3.05) is 26.7 Å². The number of rotatable bonds is 7. The molecule has 5 nitrogen and oxygen atoms in total. The highest BCUT2D eigenvalue weighted by molar-refractivity contribution is 5.88. The lowest BCUT2D eigenvalue weighted by molar-refractivity contribution is -0.139. The van der Waals surface area contributed by atoms with E-state index in [9.17, 15) is 9.59 Å². The summed E-state index contributed by atoms with van der Waals surface area (Å²) in [7, 11) is 1.92. The molecule has 1 atom stereocenters. The van der Waals surface area contributed by atoms with Crippen molar-refractivity contribution in [2.24, 2.45) is 0 Å². The van der Waals surface area contributed by atoms with Gasteiger partial charge in [0, 0.05) is 26.2 Å².